The molecular weight excluding hydrogens is 408 g/mol. The molecule has 2 heterocycles. The molecule has 1 aromatic heterocycles. The van der Waals surface area contributed by atoms with Gasteiger partial charge in [0, 0.05) is 38.8 Å². The van der Waals surface area contributed by atoms with E-state index in [4.69, 9.17) is 9.47 Å². The molecule has 0 radical (unpaired) electrons. The first kappa shape index (κ1) is 20.7. The average molecular weight is 435 g/mol. The van der Waals surface area contributed by atoms with Gasteiger partial charge in [-0.3, -0.25) is 9.48 Å². The van der Waals surface area contributed by atoms with Crippen molar-refractivity contribution in [2.75, 3.05) is 40.4 Å². The van der Waals surface area contributed by atoms with Crippen LogP contribution in [0, 0.1) is 0 Å². The van der Waals surface area contributed by atoms with Crippen LogP contribution in [0.4, 0.5) is 0 Å². The van der Waals surface area contributed by atoms with Gasteiger partial charge in [0.05, 0.1) is 25.2 Å². The summed E-state index contributed by atoms with van der Waals surface area (Å²) in [5, 5.41) is 4.27. The number of nitrogens with zero attached hydrogens (tertiary/aromatic N) is 4. The van der Waals surface area contributed by atoms with Crippen molar-refractivity contribution in [1.82, 2.24) is 19.0 Å². The minimum atomic E-state index is -3.20. The summed E-state index contributed by atoms with van der Waals surface area (Å²) in [6.45, 7) is 1.40. The molecule has 162 valence electrons. The Kier molecular flexibility index (Phi) is 5.46. The number of aryl methyl sites for hydroxylation is 1. The Morgan fingerprint density at radius 3 is 2.37 bits per heavy atom. The van der Waals surface area contributed by atoms with E-state index in [1.807, 2.05) is 6.07 Å². The number of hydrogen-bond donors (Lipinski definition) is 0. The second-order valence-electron chi connectivity index (χ2n) is 7.54. The fourth-order valence-corrected chi connectivity index (χ4v) is 5.52. The third kappa shape index (κ3) is 3.77. The van der Waals surface area contributed by atoms with E-state index in [1.54, 1.807) is 49.0 Å². The second kappa shape index (κ2) is 7.92. The Morgan fingerprint density at radius 1 is 1.07 bits per heavy atom. The summed E-state index contributed by atoms with van der Waals surface area (Å²) in [6.07, 6.45) is 1.49. The van der Waals surface area contributed by atoms with Crippen molar-refractivity contribution in [2.45, 2.75) is 18.1 Å². The molecule has 1 saturated heterocycles. The Labute approximate surface area is 176 Å². The first-order valence-electron chi connectivity index (χ1n) is 9.90. The largest absolute Gasteiger partial charge is 0.497 e. The molecule has 2 fully saturated rings. The predicted octanol–water partition coefficient (Wildman–Crippen LogP) is 1.35. The third-order valence-corrected chi connectivity index (χ3v) is 8.01. The zero-order valence-corrected chi connectivity index (χ0v) is 18.2. The van der Waals surface area contributed by atoms with Crippen molar-refractivity contribution in [1.29, 1.82) is 0 Å². The normalized spacial score (nSPS) is 17.8. The van der Waals surface area contributed by atoms with Gasteiger partial charge in [-0.15, -0.1) is 0 Å². The smallest absolute Gasteiger partial charge is 0.272 e. The maximum atomic E-state index is 13.1. The van der Waals surface area contributed by atoms with Gasteiger partial charge in [-0.2, -0.15) is 9.40 Å². The van der Waals surface area contributed by atoms with Crippen LogP contribution in [0.3, 0.4) is 0 Å². The molecule has 1 amide bonds. The van der Waals surface area contributed by atoms with Crippen molar-refractivity contribution in [3.05, 3.63) is 30.0 Å². The van der Waals surface area contributed by atoms with Gasteiger partial charge in [0.25, 0.3) is 5.91 Å². The number of ether oxygens (including phenoxy) is 2. The molecule has 30 heavy (non-hydrogen) atoms. The van der Waals surface area contributed by atoms with E-state index in [2.05, 4.69) is 5.10 Å². The number of carbonyl (C=O) groups is 1. The van der Waals surface area contributed by atoms with Gasteiger partial charge in [-0.25, -0.2) is 8.42 Å². The monoisotopic (exact) mass is 434 g/mol. The number of rotatable bonds is 6. The summed E-state index contributed by atoms with van der Waals surface area (Å²) < 4.78 is 38.6. The van der Waals surface area contributed by atoms with Crippen LogP contribution < -0.4 is 9.47 Å². The summed E-state index contributed by atoms with van der Waals surface area (Å²) in [7, 11) is 1.68. The van der Waals surface area contributed by atoms with Gasteiger partial charge in [0.2, 0.25) is 10.0 Å². The first-order chi connectivity index (χ1) is 14.3. The highest BCUT2D eigenvalue weighted by molar-refractivity contribution is 7.90. The van der Waals surface area contributed by atoms with Crippen LogP contribution in [-0.4, -0.2) is 79.0 Å². The van der Waals surface area contributed by atoms with Crippen molar-refractivity contribution < 1.29 is 22.7 Å². The summed E-state index contributed by atoms with van der Waals surface area (Å²) in [5.74, 6) is 1.13. The van der Waals surface area contributed by atoms with E-state index in [1.165, 1.54) is 4.31 Å². The zero-order valence-electron chi connectivity index (χ0n) is 17.4. The number of methoxy groups -OCH3 is 2. The van der Waals surface area contributed by atoms with Crippen molar-refractivity contribution in [2.24, 2.45) is 7.05 Å². The number of benzene rings is 1. The van der Waals surface area contributed by atoms with Crippen LogP contribution in [-0.2, 0) is 17.1 Å². The maximum Gasteiger partial charge on any atom is 0.272 e. The Hall–Kier alpha value is -2.59. The topological polar surface area (TPSA) is 94.0 Å². The zero-order chi connectivity index (χ0) is 21.5. The molecule has 0 N–H and O–H groups in total. The highest BCUT2D eigenvalue weighted by Crippen LogP contribution is 2.34. The molecule has 0 unspecified atom stereocenters. The van der Waals surface area contributed by atoms with Crippen LogP contribution in [0.1, 0.15) is 23.3 Å². The van der Waals surface area contributed by atoms with E-state index in [0.717, 1.165) is 18.4 Å². The van der Waals surface area contributed by atoms with Gasteiger partial charge >= 0.3 is 0 Å². The van der Waals surface area contributed by atoms with Gasteiger partial charge in [0.15, 0.2) is 0 Å². The fraction of sp³-hybridized carbons (Fsp3) is 0.500. The summed E-state index contributed by atoms with van der Waals surface area (Å²) in [5.41, 5.74) is 1.77. The molecule has 0 atom stereocenters. The van der Waals surface area contributed by atoms with E-state index in [-0.39, 0.29) is 11.2 Å². The van der Waals surface area contributed by atoms with Crippen molar-refractivity contribution in [3.63, 3.8) is 0 Å². The number of piperazine rings is 1. The fourth-order valence-electron chi connectivity index (χ4n) is 3.70. The number of sulfonamides is 1. The predicted molar refractivity (Wildman–Crippen MR) is 111 cm³/mol. The molecule has 1 aliphatic carbocycles. The van der Waals surface area contributed by atoms with Gasteiger partial charge in [0.1, 0.15) is 17.2 Å². The lowest BCUT2D eigenvalue weighted by molar-refractivity contribution is 0.0686. The molecule has 1 saturated carbocycles. The molecule has 0 spiro atoms. The Morgan fingerprint density at radius 2 is 1.77 bits per heavy atom. The van der Waals surface area contributed by atoms with Gasteiger partial charge in [-0.1, -0.05) is 0 Å². The van der Waals surface area contributed by atoms with Crippen LogP contribution in [0.5, 0.6) is 11.5 Å². The number of carbonyl (C=O) groups excluding carboxylic acids is 1. The number of aromatic nitrogens is 2. The molecule has 4 rings (SSSR count). The standard InChI is InChI=1S/C20H26N4O5S/c1-22-18(13-17(21-22)16-12-14(28-2)4-7-19(16)29-3)20(25)23-8-10-24(11-9-23)30(26,27)15-5-6-15/h4,7,12-13,15H,5-6,8-11H2,1-3H3. The number of hydrogen-bond acceptors (Lipinski definition) is 6. The summed E-state index contributed by atoms with van der Waals surface area (Å²) >= 11 is 0. The molecule has 2 aliphatic rings. The lowest BCUT2D eigenvalue weighted by Crippen LogP contribution is -2.51. The van der Waals surface area contributed by atoms with E-state index < -0.39 is 10.0 Å². The molecule has 2 aromatic rings. The van der Waals surface area contributed by atoms with Crippen LogP contribution in [0.15, 0.2) is 24.3 Å². The number of amides is 1. The minimum Gasteiger partial charge on any atom is -0.497 e. The summed E-state index contributed by atoms with van der Waals surface area (Å²) in [4.78, 5) is 14.8. The lowest BCUT2D eigenvalue weighted by Gasteiger charge is -2.34. The van der Waals surface area contributed by atoms with Crippen LogP contribution in [0.25, 0.3) is 11.3 Å². The quantitative estimate of drug-likeness (QED) is 0.681. The highest BCUT2D eigenvalue weighted by atomic mass is 32.2. The minimum absolute atomic E-state index is 0.165. The SMILES string of the molecule is COc1ccc(OC)c(-c2cc(C(=O)N3CCN(S(=O)(=O)C4CC4)CC3)n(C)n2)c1. The van der Waals surface area contributed by atoms with Gasteiger partial charge < -0.3 is 14.4 Å². The summed E-state index contributed by atoms with van der Waals surface area (Å²) in [6, 6.07) is 7.14. The van der Waals surface area contributed by atoms with E-state index in [0.29, 0.717) is 49.1 Å². The average Bonchev–Trinajstić information content (AvgIpc) is 3.56. The van der Waals surface area contributed by atoms with Crippen molar-refractivity contribution in [3.8, 4) is 22.8 Å². The molecule has 1 aromatic carbocycles. The Bertz CT molecular complexity index is 1050. The second-order valence-corrected chi connectivity index (χ2v) is 9.75. The first-order valence-corrected chi connectivity index (χ1v) is 11.4. The maximum absolute atomic E-state index is 13.1. The van der Waals surface area contributed by atoms with Crippen molar-refractivity contribution >= 4 is 15.9 Å². The van der Waals surface area contributed by atoms with Crippen LogP contribution >= 0.6 is 0 Å². The van der Waals surface area contributed by atoms with Crippen LogP contribution in [0.2, 0.25) is 0 Å². The third-order valence-electron chi connectivity index (χ3n) is 5.61. The molecule has 10 heteroatoms. The molecule has 0 bridgehead atoms. The van der Waals surface area contributed by atoms with E-state index in [9.17, 15) is 13.2 Å². The molecule has 1 aliphatic heterocycles. The molecular formula is C20H26N4O5S. The molecule has 9 nitrogen and oxygen atoms in total. The lowest BCUT2D eigenvalue weighted by atomic mass is 10.1. The Balaban J connectivity index is 1.52. The van der Waals surface area contributed by atoms with E-state index >= 15 is 0 Å². The van der Waals surface area contributed by atoms with Gasteiger partial charge in [-0.05, 0) is 37.1 Å². The highest BCUT2D eigenvalue weighted by Gasteiger charge is 2.41.